The molecule has 0 aliphatic carbocycles. The number of hydrogen-bond donors (Lipinski definition) is 1. The van der Waals surface area contributed by atoms with Crippen LogP contribution in [0.25, 0.3) is 0 Å². The van der Waals surface area contributed by atoms with E-state index in [1.807, 2.05) is 6.92 Å². The van der Waals surface area contributed by atoms with Gasteiger partial charge in [0.2, 0.25) is 0 Å². The molecule has 1 N–H and O–H groups in total. The number of aromatic carboxylic acids is 1. The van der Waals surface area contributed by atoms with Crippen molar-refractivity contribution in [3.05, 3.63) is 29.3 Å². The Bertz CT molecular complexity index is 385. The first kappa shape index (κ1) is 14.6. The number of hydrogen-bond acceptors (Lipinski definition) is 2. The molecule has 0 radical (unpaired) electrons. The molecule has 0 fully saturated rings. The molecule has 3 nitrogen and oxygen atoms in total. The Morgan fingerprint density at radius 1 is 1.22 bits per heavy atom. The third-order valence-corrected chi connectivity index (χ3v) is 2.93. The molecule has 1 rings (SSSR count). The first-order chi connectivity index (χ1) is 8.65. The molecule has 100 valence electrons. The summed E-state index contributed by atoms with van der Waals surface area (Å²) in [6.45, 7) is 4.78. The van der Waals surface area contributed by atoms with Crippen LogP contribution in [-0.4, -0.2) is 17.7 Å². The van der Waals surface area contributed by atoms with E-state index in [-0.39, 0.29) is 0 Å². The van der Waals surface area contributed by atoms with Crippen molar-refractivity contribution < 1.29 is 14.6 Å². The summed E-state index contributed by atoms with van der Waals surface area (Å²) in [7, 11) is 0. The molecule has 0 bridgehead atoms. The van der Waals surface area contributed by atoms with Crippen LogP contribution >= 0.6 is 0 Å². The SMILES string of the molecule is CCCCCCCOc1ccc(C(=O)O)cc1C. The van der Waals surface area contributed by atoms with E-state index in [0.717, 1.165) is 17.7 Å². The van der Waals surface area contributed by atoms with Crippen LogP contribution in [0.15, 0.2) is 18.2 Å². The van der Waals surface area contributed by atoms with E-state index < -0.39 is 5.97 Å². The molecule has 0 amide bonds. The molecule has 18 heavy (non-hydrogen) atoms. The zero-order chi connectivity index (χ0) is 13.4. The summed E-state index contributed by atoms with van der Waals surface area (Å²) in [6, 6.07) is 4.97. The smallest absolute Gasteiger partial charge is 0.335 e. The fourth-order valence-corrected chi connectivity index (χ4v) is 1.83. The molecule has 0 saturated heterocycles. The van der Waals surface area contributed by atoms with E-state index in [2.05, 4.69) is 6.92 Å². The Kier molecular flexibility index (Phi) is 6.26. The number of aryl methyl sites for hydroxylation is 1. The maximum atomic E-state index is 10.8. The first-order valence-electron chi connectivity index (χ1n) is 6.62. The molecular formula is C15H22O3. The minimum Gasteiger partial charge on any atom is -0.493 e. The van der Waals surface area contributed by atoms with Gasteiger partial charge in [-0.05, 0) is 37.1 Å². The van der Waals surface area contributed by atoms with Gasteiger partial charge in [0.05, 0.1) is 12.2 Å². The third kappa shape index (κ3) is 4.78. The van der Waals surface area contributed by atoms with Crippen molar-refractivity contribution in [2.45, 2.75) is 46.0 Å². The summed E-state index contributed by atoms with van der Waals surface area (Å²) in [5.74, 6) is -0.111. The molecular weight excluding hydrogens is 228 g/mol. The maximum absolute atomic E-state index is 10.8. The second-order valence-corrected chi connectivity index (χ2v) is 4.55. The van der Waals surface area contributed by atoms with Gasteiger partial charge in [-0.25, -0.2) is 4.79 Å². The molecule has 0 spiro atoms. The van der Waals surface area contributed by atoms with Crippen LogP contribution in [-0.2, 0) is 0 Å². The van der Waals surface area contributed by atoms with Crippen LogP contribution in [0.1, 0.15) is 54.9 Å². The van der Waals surface area contributed by atoms with Crippen molar-refractivity contribution in [2.24, 2.45) is 0 Å². The van der Waals surface area contributed by atoms with Crippen molar-refractivity contribution in [3.63, 3.8) is 0 Å². The molecule has 0 heterocycles. The summed E-state index contributed by atoms with van der Waals surface area (Å²) >= 11 is 0. The zero-order valence-corrected chi connectivity index (χ0v) is 11.2. The van der Waals surface area contributed by atoms with Crippen LogP contribution in [0.4, 0.5) is 0 Å². The monoisotopic (exact) mass is 250 g/mol. The molecule has 0 saturated carbocycles. The standard InChI is InChI=1S/C15H22O3/c1-3-4-5-6-7-10-18-14-9-8-13(15(16)17)11-12(14)2/h8-9,11H,3-7,10H2,1-2H3,(H,16,17). The van der Waals surface area contributed by atoms with Gasteiger partial charge < -0.3 is 9.84 Å². The number of carbonyl (C=O) groups is 1. The molecule has 1 aromatic rings. The molecule has 0 unspecified atom stereocenters. The van der Waals surface area contributed by atoms with E-state index >= 15 is 0 Å². The summed E-state index contributed by atoms with van der Waals surface area (Å²) in [6.07, 6.45) is 6.04. The zero-order valence-electron chi connectivity index (χ0n) is 11.2. The molecule has 0 aromatic heterocycles. The summed E-state index contributed by atoms with van der Waals surface area (Å²) in [4.78, 5) is 10.8. The van der Waals surface area contributed by atoms with Gasteiger partial charge in [0.1, 0.15) is 5.75 Å². The second-order valence-electron chi connectivity index (χ2n) is 4.55. The number of carboxylic acid groups (broad SMARTS) is 1. The quantitative estimate of drug-likeness (QED) is 0.708. The van der Waals surface area contributed by atoms with E-state index in [9.17, 15) is 4.79 Å². The van der Waals surface area contributed by atoms with E-state index in [4.69, 9.17) is 9.84 Å². The first-order valence-corrected chi connectivity index (χ1v) is 6.62. The summed E-state index contributed by atoms with van der Waals surface area (Å²) < 4.78 is 5.66. The van der Waals surface area contributed by atoms with Gasteiger partial charge in [-0.15, -0.1) is 0 Å². The average molecular weight is 250 g/mol. The van der Waals surface area contributed by atoms with Crippen LogP contribution in [0, 0.1) is 6.92 Å². The highest BCUT2D eigenvalue weighted by Gasteiger charge is 2.06. The highest BCUT2D eigenvalue weighted by atomic mass is 16.5. The lowest BCUT2D eigenvalue weighted by molar-refractivity contribution is 0.0696. The molecule has 0 atom stereocenters. The van der Waals surface area contributed by atoms with Crippen LogP contribution in [0.3, 0.4) is 0 Å². The largest absolute Gasteiger partial charge is 0.493 e. The van der Waals surface area contributed by atoms with Crippen molar-refractivity contribution in [3.8, 4) is 5.75 Å². The topological polar surface area (TPSA) is 46.5 Å². The second kappa shape index (κ2) is 7.75. The van der Waals surface area contributed by atoms with Gasteiger partial charge in [0.25, 0.3) is 0 Å². The molecule has 3 heteroatoms. The summed E-state index contributed by atoms with van der Waals surface area (Å²) in [5, 5.41) is 8.86. The maximum Gasteiger partial charge on any atom is 0.335 e. The third-order valence-electron chi connectivity index (χ3n) is 2.93. The Labute approximate surface area is 109 Å². The number of unbranched alkanes of at least 4 members (excludes halogenated alkanes) is 4. The van der Waals surface area contributed by atoms with Crippen LogP contribution in [0.2, 0.25) is 0 Å². The Balaban J connectivity index is 2.36. The number of benzene rings is 1. The molecule has 0 aliphatic heterocycles. The Hall–Kier alpha value is -1.51. The lowest BCUT2D eigenvalue weighted by Gasteiger charge is -2.09. The lowest BCUT2D eigenvalue weighted by Crippen LogP contribution is -2.01. The van der Waals surface area contributed by atoms with E-state index in [1.165, 1.54) is 25.7 Å². The van der Waals surface area contributed by atoms with Crippen LogP contribution in [0.5, 0.6) is 5.75 Å². The highest BCUT2D eigenvalue weighted by Crippen LogP contribution is 2.19. The van der Waals surface area contributed by atoms with Gasteiger partial charge in [-0.1, -0.05) is 32.6 Å². The van der Waals surface area contributed by atoms with Gasteiger partial charge in [-0.3, -0.25) is 0 Å². The van der Waals surface area contributed by atoms with Crippen molar-refractivity contribution in [1.29, 1.82) is 0 Å². The Morgan fingerprint density at radius 3 is 2.56 bits per heavy atom. The number of rotatable bonds is 8. The van der Waals surface area contributed by atoms with Crippen molar-refractivity contribution in [2.75, 3.05) is 6.61 Å². The minimum absolute atomic E-state index is 0.308. The van der Waals surface area contributed by atoms with Crippen molar-refractivity contribution >= 4 is 5.97 Å². The minimum atomic E-state index is -0.899. The fraction of sp³-hybridized carbons (Fsp3) is 0.533. The van der Waals surface area contributed by atoms with E-state index in [1.54, 1.807) is 18.2 Å². The highest BCUT2D eigenvalue weighted by molar-refractivity contribution is 5.88. The molecule has 0 aliphatic rings. The summed E-state index contributed by atoms with van der Waals surface area (Å²) in [5.41, 5.74) is 1.19. The number of ether oxygens (including phenoxy) is 1. The Morgan fingerprint density at radius 2 is 1.94 bits per heavy atom. The fourth-order valence-electron chi connectivity index (χ4n) is 1.83. The predicted octanol–water partition coefficient (Wildman–Crippen LogP) is 4.04. The normalized spacial score (nSPS) is 10.3. The number of carboxylic acids is 1. The van der Waals surface area contributed by atoms with Gasteiger partial charge >= 0.3 is 5.97 Å². The predicted molar refractivity (Wildman–Crippen MR) is 72.4 cm³/mol. The van der Waals surface area contributed by atoms with Gasteiger partial charge in [0, 0.05) is 0 Å². The van der Waals surface area contributed by atoms with Gasteiger partial charge in [0.15, 0.2) is 0 Å². The van der Waals surface area contributed by atoms with Crippen molar-refractivity contribution in [1.82, 2.24) is 0 Å². The average Bonchev–Trinajstić information content (AvgIpc) is 2.35. The van der Waals surface area contributed by atoms with Crippen LogP contribution < -0.4 is 4.74 Å². The van der Waals surface area contributed by atoms with Gasteiger partial charge in [-0.2, -0.15) is 0 Å². The lowest BCUT2D eigenvalue weighted by atomic mass is 10.1. The molecule has 1 aromatic carbocycles. The van der Waals surface area contributed by atoms with E-state index in [0.29, 0.717) is 12.2 Å².